The largest absolute Gasteiger partial charge is 0.394 e. The fourth-order valence-corrected chi connectivity index (χ4v) is 1.78. The van der Waals surface area contributed by atoms with Crippen molar-refractivity contribution >= 4 is 5.69 Å². The van der Waals surface area contributed by atoms with Gasteiger partial charge >= 0.3 is 0 Å². The molecule has 0 spiro atoms. The van der Waals surface area contributed by atoms with Gasteiger partial charge in [-0.15, -0.1) is 0 Å². The second-order valence-corrected chi connectivity index (χ2v) is 3.57. The maximum absolute atomic E-state index is 8.94. The van der Waals surface area contributed by atoms with Crippen LogP contribution in [0, 0.1) is 0 Å². The van der Waals surface area contributed by atoms with Crippen LogP contribution in [-0.2, 0) is 4.74 Å². The maximum atomic E-state index is 8.94. The van der Waals surface area contributed by atoms with Gasteiger partial charge in [-0.1, -0.05) is 0 Å². The van der Waals surface area contributed by atoms with E-state index in [0.717, 1.165) is 18.5 Å². The number of aliphatic hydroxyl groups excluding tert-OH is 1. The second-order valence-electron chi connectivity index (χ2n) is 3.57. The van der Waals surface area contributed by atoms with Crippen molar-refractivity contribution in [1.82, 2.24) is 4.57 Å². The van der Waals surface area contributed by atoms with Crippen LogP contribution in [0.4, 0.5) is 5.69 Å². The van der Waals surface area contributed by atoms with E-state index in [9.17, 15) is 0 Å². The first kappa shape index (κ1) is 9.55. The van der Waals surface area contributed by atoms with Crippen molar-refractivity contribution in [2.45, 2.75) is 25.2 Å². The fraction of sp³-hybridized carbons (Fsp3) is 0.600. The van der Waals surface area contributed by atoms with E-state index in [1.807, 2.05) is 30.1 Å². The Morgan fingerprint density at radius 1 is 1.64 bits per heavy atom. The molecular formula is C10H16N2O2. The number of aromatic nitrogens is 1. The quantitative estimate of drug-likeness (QED) is 0.763. The van der Waals surface area contributed by atoms with Gasteiger partial charge in [-0.3, -0.25) is 0 Å². The molecule has 0 radical (unpaired) electrons. The van der Waals surface area contributed by atoms with Gasteiger partial charge < -0.3 is 19.7 Å². The lowest BCUT2D eigenvalue weighted by Crippen LogP contribution is -2.13. The van der Waals surface area contributed by atoms with Crippen LogP contribution in [0.1, 0.15) is 19.1 Å². The van der Waals surface area contributed by atoms with Crippen LogP contribution in [-0.4, -0.2) is 29.4 Å². The molecule has 1 aromatic heterocycles. The minimum absolute atomic E-state index is 0.0143. The molecule has 2 heterocycles. The van der Waals surface area contributed by atoms with Gasteiger partial charge in [0.15, 0.2) is 0 Å². The summed E-state index contributed by atoms with van der Waals surface area (Å²) >= 11 is 0. The first-order valence-corrected chi connectivity index (χ1v) is 4.95. The lowest BCUT2D eigenvalue weighted by Gasteiger charge is -2.13. The Labute approximate surface area is 83.5 Å². The number of hydrogen-bond donors (Lipinski definition) is 2. The Morgan fingerprint density at radius 2 is 2.50 bits per heavy atom. The molecule has 0 aromatic carbocycles. The van der Waals surface area contributed by atoms with Gasteiger partial charge in [0.05, 0.1) is 18.4 Å². The number of ether oxygens (including phenoxy) is 1. The van der Waals surface area contributed by atoms with Crippen molar-refractivity contribution < 1.29 is 9.84 Å². The van der Waals surface area contributed by atoms with E-state index in [2.05, 4.69) is 5.32 Å². The summed E-state index contributed by atoms with van der Waals surface area (Å²) in [6, 6.07) is 2.01. The fourth-order valence-electron chi connectivity index (χ4n) is 1.78. The first-order valence-electron chi connectivity index (χ1n) is 4.95. The Balaban J connectivity index is 2.02. The Kier molecular flexibility index (Phi) is 2.74. The molecular weight excluding hydrogens is 180 g/mol. The van der Waals surface area contributed by atoms with Gasteiger partial charge in [-0.25, -0.2) is 0 Å². The van der Waals surface area contributed by atoms with Crippen molar-refractivity contribution in [1.29, 1.82) is 0 Å². The van der Waals surface area contributed by atoms with Crippen LogP contribution >= 0.6 is 0 Å². The molecule has 0 amide bonds. The highest BCUT2D eigenvalue weighted by Crippen LogP contribution is 2.28. The molecule has 14 heavy (non-hydrogen) atoms. The minimum Gasteiger partial charge on any atom is -0.394 e. The summed E-state index contributed by atoms with van der Waals surface area (Å²) in [7, 11) is 1.89. The van der Waals surface area contributed by atoms with Gasteiger partial charge in [-0.05, 0) is 18.9 Å². The second kappa shape index (κ2) is 4.02. The lowest BCUT2D eigenvalue weighted by atomic mass is 10.2. The molecule has 4 heteroatoms. The minimum atomic E-state index is 0.0143. The van der Waals surface area contributed by atoms with Crippen LogP contribution < -0.4 is 5.32 Å². The van der Waals surface area contributed by atoms with Crippen molar-refractivity contribution in [3.05, 3.63) is 18.5 Å². The average molecular weight is 196 g/mol. The van der Waals surface area contributed by atoms with E-state index in [4.69, 9.17) is 9.84 Å². The number of nitrogens with zero attached hydrogens (tertiary/aromatic N) is 1. The molecule has 0 aliphatic carbocycles. The van der Waals surface area contributed by atoms with Gasteiger partial charge in [0.1, 0.15) is 6.23 Å². The van der Waals surface area contributed by atoms with E-state index >= 15 is 0 Å². The van der Waals surface area contributed by atoms with Crippen molar-refractivity contribution in [2.24, 2.45) is 0 Å². The standard InChI is InChI=1S/C10H16N2O2/c1-11-8-4-5-12(6-8)10-3-2-9(7-13)14-10/h4-6,9-11,13H,2-3,7H2,1H3/t9-,10-/m0/s1. The summed E-state index contributed by atoms with van der Waals surface area (Å²) in [5.41, 5.74) is 1.08. The van der Waals surface area contributed by atoms with Crippen LogP contribution in [0.5, 0.6) is 0 Å². The molecule has 1 saturated heterocycles. The van der Waals surface area contributed by atoms with Crippen molar-refractivity contribution in [3.63, 3.8) is 0 Å². The summed E-state index contributed by atoms with van der Waals surface area (Å²) in [5.74, 6) is 0. The summed E-state index contributed by atoms with van der Waals surface area (Å²) in [4.78, 5) is 0. The zero-order valence-corrected chi connectivity index (χ0v) is 8.31. The number of nitrogens with one attached hydrogen (secondary N) is 1. The van der Waals surface area contributed by atoms with Crippen LogP contribution in [0.25, 0.3) is 0 Å². The molecule has 2 atom stereocenters. The van der Waals surface area contributed by atoms with E-state index in [1.54, 1.807) is 0 Å². The molecule has 1 fully saturated rings. The zero-order valence-electron chi connectivity index (χ0n) is 8.31. The summed E-state index contributed by atoms with van der Waals surface area (Å²) in [5, 5.41) is 12.0. The third-order valence-electron chi connectivity index (χ3n) is 2.62. The summed E-state index contributed by atoms with van der Waals surface area (Å²) in [6.07, 6.45) is 6.03. The predicted octanol–water partition coefficient (Wildman–Crippen LogP) is 1.20. The van der Waals surface area contributed by atoms with E-state index in [0.29, 0.717) is 0 Å². The van der Waals surface area contributed by atoms with E-state index < -0.39 is 0 Å². The van der Waals surface area contributed by atoms with Crippen molar-refractivity contribution in [2.75, 3.05) is 19.0 Å². The number of aliphatic hydroxyl groups is 1. The molecule has 4 nitrogen and oxygen atoms in total. The Hall–Kier alpha value is -1.00. The van der Waals surface area contributed by atoms with Crippen LogP contribution in [0.15, 0.2) is 18.5 Å². The molecule has 2 rings (SSSR count). The molecule has 0 bridgehead atoms. The highest BCUT2D eigenvalue weighted by Gasteiger charge is 2.25. The Morgan fingerprint density at radius 3 is 3.07 bits per heavy atom. The van der Waals surface area contributed by atoms with Gasteiger partial charge in [0.25, 0.3) is 0 Å². The maximum Gasteiger partial charge on any atom is 0.134 e. The average Bonchev–Trinajstić information content (AvgIpc) is 2.86. The van der Waals surface area contributed by atoms with Crippen molar-refractivity contribution in [3.8, 4) is 0 Å². The number of anilines is 1. The molecule has 0 unspecified atom stereocenters. The number of rotatable bonds is 3. The smallest absolute Gasteiger partial charge is 0.134 e. The molecule has 2 N–H and O–H groups in total. The Bertz CT molecular complexity index is 298. The normalized spacial score (nSPS) is 26.7. The first-order chi connectivity index (χ1) is 6.83. The van der Waals surface area contributed by atoms with E-state index in [1.165, 1.54) is 0 Å². The zero-order chi connectivity index (χ0) is 9.97. The number of hydrogen-bond acceptors (Lipinski definition) is 3. The summed E-state index contributed by atoms with van der Waals surface area (Å²) in [6.45, 7) is 0.122. The topological polar surface area (TPSA) is 46.4 Å². The highest BCUT2D eigenvalue weighted by molar-refractivity contribution is 5.40. The predicted molar refractivity (Wildman–Crippen MR) is 54.2 cm³/mol. The lowest BCUT2D eigenvalue weighted by molar-refractivity contribution is -0.0221. The van der Waals surface area contributed by atoms with Gasteiger partial charge in [0, 0.05) is 19.4 Å². The molecule has 78 valence electrons. The molecule has 1 aliphatic heterocycles. The van der Waals surface area contributed by atoms with Crippen LogP contribution in [0.2, 0.25) is 0 Å². The molecule has 0 saturated carbocycles. The highest BCUT2D eigenvalue weighted by atomic mass is 16.5. The van der Waals surface area contributed by atoms with E-state index in [-0.39, 0.29) is 18.9 Å². The summed E-state index contributed by atoms with van der Waals surface area (Å²) < 4.78 is 7.68. The molecule has 1 aromatic rings. The monoisotopic (exact) mass is 196 g/mol. The SMILES string of the molecule is CNc1ccn([C@@H]2CC[C@@H](CO)O2)c1. The van der Waals surface area contributed by atoms with Gasteiger partial charge in [-0.2, -0.15) is 0 Å². The molecule has 1 aliphatic rings. The van der Waals surface area contributed by atoms with Gasteiger partial charge in [0.2, 0.25) is 0 Å². The third-order valence-corrected chi connectivity index (χ3v) is 2.62. The van der Waals surface area contributed by atoms with Crippen LogP contribution in [0.3, 0.4) is 0 Å². The third kappa shape index (κ3) is 1.76.